The van der Waals surface area contributed by atoms with E-state index in [4.69, 9.17) is 0 Å². The van der Waals surface area contributed by atoms with E-state index in [1.165, 1.54) is 23.1 Å². The number of amides is 3. The number of anilines is 1. The number of fused-ring (bicyclic) bond motifs is 1. The number of carbonyl (C=O) groups is 3. The summed E-state index contributed by atoms with van der Waals surface area (Å²) in [4.78, 5) is 51.0. The van der Waals surface area contributed by atoms with Crippen LogP contribution in [0.2, 0.25) is 0 Å². The van der Waals surface area contributed by atoms with Crippen molar-refractivity contribution in [1.82, 2.24) is 4.90 Å². The van der Waals surface area contributed by atoms with Gasteiger partial charge in [0, 0.05) is 18.3 Å². The lowest BCUT2D eigenvalue weighted by Gasteiger charge is -2.25. The second-order valence-electron chi connectivity index (χ2n) is 6.39. The molecular weight excluding hydrogens is 362 g/mol. The number of benzene rings is 2. The first-order valence-corrected chi connectivity index (χ1v) is 8.94. The Morgan fingerprint density at radius 1 is 1.07 bits per heavy atom. The van der Waals surface area contributed by atoms with E-state index >= 15 is 0 Å². The molecule has 0 saturated heterocycles. The lowest BCUT2D eigenvalue weighted by Crippen LogP contribution is -2.43. The van der Waals surface area contributed by atoms with E-state index in [9.17, 15) is 24.5 Å². The van der Waals surface area contributed by atoms with Crippen LogP contribution >= 0.6 is 0 Å². The smallest absolute Gasteiger partial charge is 0.282 e. The summed E-state index contributed by atoms with van der Waals surface area (Å²) in [7, 11) is 0. The average molecular weight is 381 g/mol. The summed E-state index contributed by atoms with van der Waals surface area (Å²) in [6.45, 7) is 1.97. The highest BCUT2D eigenvalue weighted by Crippen LogP contribution is 2.30. The molecule has 1 aliphatic heterocycles. The summed E-state index contributed by atoms with van der Waals surface area (Å²) in [6, 6.07) is 12.9. The molecule has 8 nitrogen and oxygen atoms in total. The Bertz CT molecular complexity index is 942. The summed E-state index contributed by atoms with van der Waals surface area (Å²) in [5, 5.41) is 11.2. The van der Waals surface area contributed by atoms with E-state index in [2.05, 4.69) is 0 Å². The van der Waals surface area contributed by atoms with Crippen LogP contribution in [0.4, 0.5) is 11.4 Å². The van der Waals surface area contributed by atoms with Gasteiger partial charge in [-0.2, -0.15) is 0 Å². The van der Waals surface area contributed by atoms with Crippen LogP contribution in [-0.4, -0.2) is 40.6 Å². The molecule has 2 aromatic rings. The molecule has 8 heteroatoms. The van der Waals surface area contributed by atoms with Crippen molar-refractivity contribution in [3.05, 3.63) is 69.8 Å². The first-order valence-electron chi connectivity index (χ1n) is 8.94. The summed E-state index contributed by atoms with van der Waals surface area (Å²) >= 11 is 0. The number of imide groups is 1. The van der Waals surface area contributed by atoms with Gasteiger partial charge in [-0.05, 0) is 24.6 Å². The van der Waals surface area contributed by atoms with Crippen molar-refractivity contribution >= 4 is 29.1 Å². The molecule has 0 aliphatic carbocycles. The van der Waals surface area contributed by atoms with Crippen molar-refractivity contribution in [3.63, 3.8) is 0 Å². The van der Waals surface area contributed by atoms with Crippen LogP contribution < -0.4 is 4.90 Å². The molecule has 0 saturated carbocycles. The fourth-order valence-electron chi connectivity index (χ4n) is 3.15. The normalized spacial score (nSPS) is 12.8. The minimum Gasteiger partial charge on any atom is -0.311 e. The highest BCUT2D eigenvalue weighted by molar-refractivity contribution is 6.24. The van der Waals surface area contributed by atoms with Gasteiger partial charge in [-0.25, -0.2) is 0 Å². The average Bonchev–Trinajstić information content (AvgIpc) is 2.94. The minimum absolute atomic E-state index is 0.0492. The predicted octanol–water partition coefficient (Wildman–Crippen LogP) is 3.02. The molecule has 0 spiro atoms. The zero-order chi connectivity index (χ0) is 20.3. The lowest BCUT2D eigenvalue weighted by atomic mass is 10.1. The van der Waals surface area contributed by atoms with Gasteiger partial charge in [-0.15, -0.1) is 0 Å². The van der Waals surface area contributed by atoms with E-state index in [1.807, 2.05) is 13.0 Å². The number of hydrogen-bond donors (Lipinski definition) is 0. The number of para-hydroxylation sites is 1. The fraction of sp³-hybridized carbons (Fsp3) is 0.250. The number of nitrogens with zero attached hydrogens (tertiary/aromatic N) is 3. The zero-order valence-electron chi connectivity index (χ0n) is 15.3. The minimum atomic E-state index is -0.816. The van der Waals surface area contributed by atoms with Gasteiger partial charge < -0.3 is 4.90 Å². The van der Waals surface area contributed by atoms with Gasteiger partial charge in [0.25, 0.3) is 17.5 Å². The third kappa shape index (κ3) is 3.48. The number of hydrogen-bond acceptors (Lipinski definition) is 5. The van der Waals surface area contributed by atoms with Crippen molar-refractivity contribution in [1.29, 1.82) is 0 Å². The van der Waals surface area contributed by atoms with Crippen LogP contribution in [0.15, 0.2) is 48.5 Å². The van der Waals surface area contributed by atoms with Gasteiger partial charge in [-0.3, -0.25) is 29.4 Å². The Balaban J connectivity index is 1.87. The molecular formula is C20H19N3O5. The predicted molar refractivity (Wildman–Crippen MR) is 102 cm³/mol. The van der Waals surface area contributed by atoms with E-state index in [-0.39, 0.29) is 11.1 Å². The molecule has 1 heterocycles. The Hall–Kier alpha value is -3.55. The topological polar surface area (TPSA) is 101 Å². The second kappa shape index (κ2) is 7.99. The standard InChI is InChI=1S/C20H19N3O5/c1-2-3-12-21(14-8-5-4-6-9-14)17(24)13-22-19(25)15-10-7-11-16(23(27)28)18(15)20(22)26/h4-11H,2-3,12-13H2,1H3. The Morgan fingerprint density at radius 2 is 1.79 bits per heavy atom. The van der Waals surface area contributed by atoms with Crippen molar-refractivity contribution in [2.24, 2.45) is 0 Å². The molecule has 0 N–H and O–H groups in total. The van der Waals surface area contributed by atoms with Crippen molar-refractivity contribution < 1.29 is 19.3 Å². The maximum Gasteiger partial charge on any atom is 0.282 e. The molecule has 0 bridgehead atoms. The summed E-state index contributed by atoms with van der Waals surface area (Å²) in [5.74, 6) is -1.93. The number of rotatable bonds is 7. The Kier molecular flexibility index (Phi) is 5.49. The highest BCUT2D eigenvalue weighted by Gasteiger charge is 2.42. The molecule has 3 amide bonds. The molecule has 0 fully saturated rings. The molecule has 0 radical (unpaired) electrons. The van der Waals surface area contributed by atoms with Crippen LogP contribution in [0.3, 0.4) is 0 Å². The van der Waals surface area contributed by atoms with Gasteiger partial charge in [0.05, 0.1) is 10.5 Å². The summed E-state index contributed by atoms with van der Waals surface area (Å²) in [5.41, 5.74) is -0.0721. The largest absolute Gasteiger partial charge is 0.311 e. The van der Waals surface area contributed by atoms with Gasteiger partial charge in [0.15, 0.2) is 0 Å². The molecule has 3 rings (SSSR count). The van der Waals surface area contributed by atoms with Crippen LogP contribution in [0.5, 0.6) is 0 Å². The molecule has 1 aliphatic rings. The number of nitro groups is 1. The van der Waals surface area contributed by atoms with Crippen LogP contribution in [0.1, 0.15) is 40.5 Å². The maximum atomic E-state index is 12.9. The number of nitro benzene ring substituents is 1. The van der Waals surface area contributed by atoms with E-state index in [1.54, 1.807) is 24.3 Å². The maximum absolute atomic E-state index is 12.9. The first-order chi connectivity index (χ1) is 13.5. The SMILES string of the molecule is CCCCN(C(=O)CN1C(=O)c2cccc([N+](=O)[O-])c2C1=O)c1ccccc1. The highest BCUT2D eigenvalue weighted by atomic mass is 16.6. The van der Waals surface area contributed by atoms with E-state index in [0.29, 0.717) is 12.2 Å². The molecule has 0 atom stereocenters. The molecule has 28 heavy (non-hydrogen) atoms. The zero-order valence-corrected chi connectivity index (χ0v) is 15.3. The van der Waals surface area contributed by atoms with Crippen LogP contribution in [-0.2, 0) is 4.79 Å². The third-order valence-electron chi connectivity index (χ3n) is 4.57. The van der Waals surface area contributed by atoms with Crippen molar-refractivity contribution in [2.45, 2.75) is 19.8 Å². The monoisotopic (exact) mass is 381 g/mol. The Morgan fingerprint density at radius 3 is 2.43 bits per heavy atom. The summed E-state index contributed by atoms with van der Waals surface area (Å²) in [6.07, 6.45) is 1.63. The van der Waals surface area contributed by atoms with Gasteiger partial charge in [-0.1, -0.05) is 37.6 Å². The van der Waals surface area contributed by atoms with E-state index < -0.39 is 34.9 Å². The van der Waals surface area contributed by atoms with Crippen LogP contribution in [0, 0.1) is 10.1 Å². The van der Waals surface area contributed by atoms with Gasteiger partial charge >= 0.3 is 0 Å². The van der Waals surface area contributed by atoms with Crippen molar-refractivity contribution in [3.8, 4) is 0 Å². The molecule has 2 aromatic carbocycles. The quantitative estimate of drug-likeness (QED) is 0.417. The van der Waals surface area contributed by atoms with Crippen molar-refractivity contribution in [2.75, 3.05) is 18.0 Å². The van der Waals surface area contributed by atoms with Crippen LogP contribution in [0.25, 0.3) is 0 Å². The van der Waals surface area contributed by atoms with Gasteiger partial charge in [0.2, 0.25) is 5.91 Å². The van der Waals surface area contributed by atoms with E-state index in [0.717, 1.165) is 17.7 Å². The molecule has 0 aromatic heterocycles. The number of unbranched alkanes of at least 4 members (excludes halogenated alkanes) is 1. The van der Waals surface area contributed by atoms with Gasteiger partial charge in [0.1, 0.15) is 12.1 Å². The Labute approximate surface area is 161 Å². The fourth-order valence-corrected chi connectivity index (χ4v) is 3.15. The third-order valence-corrected chi connectivity index (χ3v) is 4.57. The molecule has 0 unspecified atom stereocenters. The lowest BCUT2D eigenvalue weighted by molar-refractivity contribution is -0.385. The summed E-state index contributed by atoms with van der Waals surface area (Å²) < 4.78 is 0. The first kappa shape index (κ1) is 19.2. The second-order valence-corrected chi connectivity index (χ2v) is 6.39. The number of carbonyl (C=O) groups excluding carboxylic acids is 3. The molecule has 144 valence electrons.